The fourth-order valence-electron chi connectivity index (χ4n) is 5.32. The number of pyridine rings is 2. The van der Waals surface area contributed by atoms with Crippen molar-refractivity contribution in [3.05, 3.63) is 107 Å². The summed E-state index contributed by atoms with van der Waals surface area (Å²) < 4.78 is 47.2. The average molecular weight is 662 g/mol. The van der Waals surface area contributed by atoms with Crippen molar-refractivity contribution in [1.29, 1.82) is 0 Å². The molecule has 3 heterocycles. The molecule has 8 nitrogen and oxygen atoms in total. The zero-order valence-corrected chi connectivity index (χ0v) is 27.7. The topological polar surface area (TPSA) is 116 Å². The Bertz CT molecular complexity index is 1860. The van der Waals surface area contributed by atoms with Gasteiger partial charge in [-0.05, 0) is 60.9 Å². The molecule has 47 heavy (non-hydrogen) atoms. The molecule has 1 atom stereocenters. The minimum atomic E-state index is -4.44. The maximum Gasteiger partial charge on any atom is 0.417 e. The average Bonchev–Trinajstić information content (AvgIpc) is 3.28. The number of hydrazone groups is 1. The van der Waals surface area contributed by atoms with E-state index in [0.717, 1.165) is 56.3 Å². The lowest BCUT2D eigenvalue weighted by Gasteiger charge is -2.23. The van der Waals surface area contributed by atoms with Gasteiger partial charge in [-0.15, -0.1) is 11.8 Å². The SMILES string of the molecule is Cc1ccc(COc2ccc3c(c2)c(SC(C)(C)C)c(C(Cc2ccc(-c4ccc(C(F)(F)F)cn4)cc2)/C(N)=N/NN)n3C)nc1. The summed E-state index contributed by atoms with van der Waals surface area (Å²) >= 11 is 1.74. The smallest absolute Gasteiger partial charge is 0.417 e. The Morgan fingerprint density at radius 3 is 2.34 bits per heavy atom. The zero-order valence-electron chi connectivity index (χ0n) is 26.9. The second kappa shape index (κ2) is 13.7. The van der Waals surface area contributed by atoms with Crippen molar-refractivity contribution in [3.8, 4) is 17.0 Å². The number of fused-ring (bicyclic) bond motifs is 1. The van der Waals surface area contributed by atoms with Gasteiger partial charge in [0.25, 0.3) is 0 Å². The van der Waals surface area contributed by atoms with Gasteiger partial charge >= 0.3 is 6.18 Å². The van der Waals surface area contributed by atoms with E-state index in [1.807, 2.05) is 68.7 Å². The van der Waals surface area contributed by atoms with Crippen LogP contribution in [-0.2, 0) is 26.3 Å². The molecule has 2 aromatic carbocycles. The number of nitrogens with two attached hydrogens (primary N) is 2. The molecular weight excluding hydrogens is 623 g/mol. The molecule has 0 saturated heterocycles. The van der Waals surface area contributed by atoms with E-state index in [1.54, 1.807) is 11.8 Å². The number of thioether (sulfide) groups is 1. The van der Waals surface area contributed by atoms with E-state index in [9.17, 15) is 13.2 Å². The first-order valence-electron chi connectivity index (χ1n) is 15.0. The Labute approximate surface area is 276 Å². The standard InChI is InChI=1S/C35H38F3N7OS/c1-21-6-12-25(41-18-21)20-46-26-13-15-30-27(17-26)32(47-34(2,3)4)31(45(30)5)28(33(39)43-44-40)16-22-7-9-23(10-8-22)29-14-11-24(19-42-29)35(36,37)38/h6-15,17-19,28,44H,16,20,40H2,1-5H3,(H2,39,43). The molecule has 0 saturated carbocycles. The summed E-state index contributed by atoms with van der Waals surface area (Å²) in [7, 11) is 2.01. The highest BCUT2D eigenvalue weighted by Crippen LogP contribution is 2.45. The van der Waals surface area contributed by atoms with Crippen LogP contribution < -0.4 is 21.8 Å². The highest BCUT2D eigenvalue weighted by Gasteiger charge is 2.31. The molecule has 0 radical (unpaired) electrons. The van der Waals surface area contributed by atoms with E-state index in [1.165, 1.54) is 6.07 Å². The Morgan fingerprint density at radius 2 is 1.74 bits per heavy atom. The molecule has 0 fully saturated rings. The number of hydrazine groups is 1. The summed E-state index contributed by atoms with van der Waals surface area (Å²) in [6.45, 7) is 8.82. The molecule has 0 aliphatic carbocycles. The van der Waals surface area contributed by atoms with Crippen LogP contribution in [0.25, 0.3) is 22.2 Å². The van der Waals surface area contributed by atoms with Crippen LogP contribution in [0.1, 0.15) is 54.8 Å². The number of halogens is 3. The van der Waals surface area contributed by atoms with E-state index in [-0.39, 0.29) is 10.7 Å². The van der Waals surface area contributed by atoms with Gasteiger partial charge in [0.15, 0.2) is 0 Å². The van der Waals surface area contributed by atoms with Gasteiger partial charge in [-0.3, -0.25) is 9.97 Å². The van der Waals surface area contributed by atoms with Gasteiger partial charge in [0.1, 0.15) is 18.2 Å². The zero-order chi connectivity index (χ0) is 33.9. The first kappa shape index (κ1) is 33.8. The third-order valence-electron chi connectivity index (χ3n) is 7.60. The predicted molar refractivity (Wildman–Crippen MR) is 182 cm³/mol. The summed E-state index contributed by atoms with van der Waals surface area (Å²) in [5.41, 5.74) is 14.2. The number of alkyl halides is 3. The van der Waals surface area contributed by atoms with Crippen molar-refractivity contribution in [2.24, 2.45) is 23.7 Å². The van der Waals surface area contributed by atoms with Crippen LogP contribution in [0, 0.1) is 6.92 Å². The third kappa shape index (κ3) is 8.06. The lowest BCUT2D eigenvalue weighted by molar-refractivity contribution is -0.137. The van der Waals surface area contributed by atoms with Crippen LogP contribution >= 0.6 is 11.8 Å². The molecule has 12 heteroatoms. The fourth-order valence-corrected chi connectivity index (χ4v) is 6.59. The Morgan fingerprint density at radius 1 is 1.00 bits per heavy atom. The van der Waals surface area contributed by atoms with E-state index >= 15 is 0 Å². The molecule has 0 amide bonds. The number of amidine groups is 1. The van der Waals surface area contributed by atoms with Crippen LogP contribution in [0.4, 0.5) is 13.2 Å². The van der Waals surface area contributed by atoms with Gasteiger partial charge in [0.05, 0.1) is 22.9 Å². The summed E-state index contributed by atoms with van der Waals surface area (Å²) in [5, 5.41) is 5.22. The minimum absolute atomic E-state index is 0.134. The lowest BCUT2D eigenvalue weighted by Crippen LogP contribution is -2.30. The number of hydrogen-bond acceptors (Lipinski definition) is 7. The van der Waals surface area contributed by atoms with Crippen LogP contribution in [0.5, 0.6) is 5.75 Å². The summed E-state index contributed by atoms with van der Waals surface area (Å²) in [4.78, 5) is 9.54. The minimum Gasteiger partial charge on any atom is -0.487 e. The molecule has 5 rings (SSSR count). The van der Waals surface area contributed by atoms with E-state index in [4.69, 9.17) is 16.3 Å². The number of ether oxygens (including phenoxy) is 1. The van der Waals surface area contributed by atoms with E-state index in [2.05, 4.69) is 52.0 Å². The van der Waals surface area contributed by atoms with Crippen molar-refractivity contribution < 1.29 is 17.9 Å². The van der Waals surface area contributed by atoms with Crippen LogP contribution in [0.3, 0.4) is 0 Å². The molecule has 0 aliphatic rings. The van der Waals surface area contributed by atoms with Gasteiger partial charge in [-0.1, -0.05) is 51.1 Å². The molecule has 1 unspecified atom stereocenters. The first-order chi connectivity index (χ1) is 22.2. The molecule has 246 valence electrons. The Balaban J connectivity index is 1.51. The van der Waals surface area contributed by atoms with E-state index < -0.39 is 11.7 Å². The predicted octanol–water partition coefficient (Wildman–Crippen LogP) is 7.49. The lowest BCUT2D eigenvalue weighted by atomic mass is 9.94. The highest BCUT2D eigenvalue weighted by molar-refractivity contribution is 8.00. The molecule has 5 aromatic rings. The van der Waals surface area contributed by atoms with Crippen LogP contribution in [0.15, 0.2) is 89.1 Å². The van der Waals surface area contributed by atoms with Crippen molar-refractivity contribution in [1.82, 2.24) is 20.1 Å². The monoisotopic (exact) mass is 661 g/mol. The number of hydrogen-bond donors (Lipinski definition) is 3. The number of benzene rings is 2. The van der Waals surface area contributed by atoms with Gasteiger partial charge in [-0.25, -0.2) is 11.4 Å². The summed E-state index contributed by atoms with van der Waals surface area (Å²) in [6, 6.07) is 20.0. The van der Waals surface area contributed by atoms with E-state index in [0.29, 0.717) is 30.1 Å². The maximum atomic E-state index is 13.0. The molecule has 0 bridgehead atoms. The van der Waals surface area contributed by atoms with Gasteiger partial charge in [-0.2, -0.15) is 18.3 Å². The second-order valence-corrected chi connectivity index (χ2v) is 14.2. The van der Waals surface area contributed by atoms with Gasteiger partial charge in [0, 0.05) is 51.2 Å². The number of rotatable bonds is 10. The second-order valence-electron chi connectivity index (χ2n) is 12.3. The number of nitrogens with one attached hydrogen (secondary N) is 1. The van der Waals surface area contributed by atoms with Crippen molar-refractivity contribution in [3.63, 3.8) is 0 Å². The molecule has 0 spiro atoms. The van der Waals surface area contributed by atoms with Gasteiger partial charge in [0.2, 0.25) is 0 Å². The fraction of sp³-hybridized carbons (Fsp3) is 0.286. The Hall–Kier alpha value is -4.55. The quantitative estimate of drug-likeness (QED) is 0.0467. The maximum absolute atomic E-state index is 13.0. The number of nitrogens with zero attached hydrogens (tertiary/aromatic N) is 4. The first-order valence-corrected chi connectivity index (χ1v) is 15.8. The van der Waals surface area contributed by atoms with Crippen molar-refractivity contribution >= 4 is 28.5 Å². The summed E-state index contributed by atoms with van der Waals surface area (Å²) in [6.07, 6.45) is -1.28. The largest absolute Gasteiger partial charge is 0.487 e. The molecule has 5 N–H and O–H groups in total. The molecular formula is C35H38F3N7OS. The third-order valence-corrected chi connectivity index (χ3v) is 8.84. The van der Waals surface area contributed by atoms with Crippen LogP contribution in [0.2, 0.25) is 0 Å². The van der Waals surface area contributed by atoms with Crippen molar-refractivity contribution in [2.45, 2.75) is 62.5 Å². The normalized spacial score (nSPS) is 13.2. The number of aryl methyl sites for hydroxylation is 2. The Kier molecular flexibility index (Phi) is 9.83. The molecule has 3 aromatic heterocycles. The van der Waals surface area contributed by atoms with Crippen LogP contribution in [-0.4, -0.2) is 25.1 Å². The highest BCUT2D eigenvalue weighted by atomic mass is 32.2. The van der Waals surface area contributed by atoms with Crippen molar-refractivity contribution in [2.75, 3.05) is 0 Å². The van der Waals surface area contributed by atoms with Gasteiger partial charge < -0.3 is 15.0 Å². The number of aromatic nitrogens is 3. The molecule has 0 aliphatic heterocycles. The summed E-state index contributed by atoms with van der Waals surface area (Å²) in [5.74, 6) is 6.26.